The quantitative estimate of drug-likeness (QED) is 0.617. The van der Waals surface area contributed by atoms with E-state index in [1.54, 1.807) is 0 Å². The zero-order valence-corrected chi connectivity index (χ0v) is 12.1. The first-order valence-electron chi connectivity index (χ1n) is 7.45. The van der Waals surface area contributed by atoms with Crippen LogP contribution in [-0.4, -0.2) is 18.2 Å². The van der Waals surface area contributed by atoms with Crippen molar-refractivity contribution in [1.29, 1.82) is 0 Å². The summed E-state index contributed by atoms with van der Waals surface area (Å²) in [6.45, 7) is 4.90. The molecule has 3 heteroatoms. The number of ether oxygens (including phenoxy) is 1. The second-order valence-electron chi connectivity index (χ2n) is 6.21. The Bertz CT molecular complexity index is 563. The highest BCUT2D eigenvalue weighted by atomic mass is 16.5. The van der Waals surface area contributed by atoms with Crippen LogP contribution in [-0.2, 0) is 20.9 Å². The number of carbonyl (C=O) groups excluding carboxylic acids is 2. The Morgan fingerprint density at radius 1 is 1.24 bits per heavy atom. The monoisotopic (exact) mass is 284 g/mol. The van der Waals surface area contributed by atoms with Gasteiger partial charge in [0.15, 0.2) is 0 Å². The van der Waals surface area contributed by atoms with Gasteiger partial charge < -0.3 is 4.74 Å². The Labute approximate surface area is 125 Å². The standard InChI is InChI=1S/C18H20O3/c1-2-18(12-21-11-13-6-4-3-5-7-13)10-17(20)15-8-14(18)9-16(15)19/h2-7,14-15H,1,8-12H2/t14-,15+,18+/m0/s1. The average Bonchev–Trinajstić information content (AvgIpc) is 2.85. The van der Waals surface area contributed by atoms with Gasteiger partial charge in [0.2, 0.25) is 0 Å². The van der Waals surface area contributed by atoms with E-state index in [1.165, 1.54) is 0 Å². The maximum Gasteiger partial charge on any atom is 0.144 e. The lowest BCUT2D eigenvalue weighted by atomic mass is 9.67. The molecule has 0 spiro atoms. The van der Waals surface area contributed by atoms with Crippen molar-refractivity contribution < 1.29 is 14.3 Å². The summed E-state index contributed by atoms with van der Waals surface area (Å²) in [5.41, 5.74) is 0.744. The number of Topliss-reactive ketones (excluding diaryl/α,β-unsaturated/α-hetero) is 2. The van der Waals surface area contributed by atoms with Crippen molar-refractivity contribution in [3.8, 4) is 0 Å². The molecule has 2 aliphatic carbocycles. The van der Waals surface area contributed by atoms with Gasteiger partial charge >= 0.3 is 0 Å². The predicted molar refractivity (Wildman–Crippen MR) is 79.6 cm³/mol. The van der Waals surface area contributed by atoms with E-state index in [0.717, 1.165) is 5.56 Å². The fourth-order valence-corrected chi connectivity index (χ4v) is 3.63. The van der Waals surface area contributed by atoms with Gasteiger partial charge in [-0.15, -0.1) is 6.58 Å². The molecule has 0 aliphatic heterocycles. The van der Waals surface area contributed by atoms with Crippen molar-refractivity contribution in [2.24, 2.45) is 17.3 Å². The van der Waals surface area contributed by atoms with E-state index in [-0.39, 0.29) is 28.8 Å². The molecule has 0 radical (unpaired) electrons. The van der Waals surface area contributed by atoms with Crippen LogP contribution in [0.15, 0.2) is 43.0 Å². The van der Waals surface area contributed by atoms with E-state index < -0.39 is 0 Å². The molecular formula is C18H20O3. The van der Waals surface area contributed by atoms with E-state index in [4.69, 9.17) is 4.74 Å². The van der Waals surface area contributed by atoms with Crippen LogP contribution >= 0.6 is 0 Å². The topological polar surface area (TPSA) is 43.4 Å². The molecule has 3 atom stereocenters. The molecule has 3 nitrogen and oxygen atoms in total. The van der Waals surface area contributed by atoms with E-state index >= 15 is 0 Å². The van der Waals surface area contributed by atoms with Gasteiger partial charge in [0.1, 0.15) is 11.6 Å². The average molecular weight is 284 g/mol. The van der Waals surface area contributed by atoms with Gasteiger partial charge in [-0.25, -0.2) is 0 Å². The molecule has 2 fully saturated rings. The zero-order chi connectivity index (χ0) is 14.9. The van der Waals surface area contributed by atoms with E-state index in [9.17, 15) is 9.59 Å². The van der Waals surface area contributed by atoms with Crippen LogP contribution in [0.4, 0.5) is 0 Å². The summed E-state index contributed by atoms with van der Waals surface area (Å²) < 4.78 is 5.85. The molecule has 110 valence electrons. The number of carbonyl (C=O) groups is 2. The third kappa shape index (κ3) is 2.58. The van der Waals surface area contributed by atoms with Crippen molar-refractivity contribution in [2.45, 2.75) is 25.9 Å². The van der Waals surface area contributed by atoms with E-state index in [0.29, 0.717) is 32.5 Å². The fourth-order valence-electron chi connectivity index (χ4n) is 3.63. The molecule has 2 bridgehead atoms. The van der Waals surface area contributed by atoms with Crippen molar-refractivity contribution in [2.75, 3.05) is 6.61 Å². The number of hydrogen-bond donors (Lipinski definition) is 0. The third-order valence-electron chi connectivity index (χ3n) is 4.95. The highest BCUT2D eigenvalue weighted by Crippen LogP contribution is 2.50. The summed E-state index contributed by atoms with van der Waals surface area (Å²) in [4.78, 5) is 24.0. The lowest BCUT2D eigenvalue weighted by molar-refractivity contribution is -0.133. The van der Waals surface area contributed by atoms with Gasteiger partial charge in [0, 0.05) is 18.3 Å². The maximum absolute atomic E-state index is 12.1. The van der Waals surface area contributed by atoms with Crippen LogP contribution in [0.25, 0.3) is 0 Å². The number of benzene rings is 1. The first kappa shape index (κ1) is 14.2. The Kier molecular flexibility index (Phi) is 3.77. The van der Waals surface area contributed by atoms with Gasteiger partial charge in [-0.2, -0.15) is 0 Å². The maximum atomic E-state index is 12.1. The summed E-state index contributed by atoms with van der Waals surface area (Å²) >= 11 is 0. The van der Waals surface area contributed by atoms with Crippen LogP contribution in [0.2, 0.25) is 0 Å². The van der Waals surface area contributed by atoms with Gasteiger partial charge in [0.05, 0.1) is 19.1 Å². The van der Waals surface area contributed by atoms with Gasteiger partial charge in [-0.05, 0) is 17.9 Å². The summed E-state index contributed by atoms with van der Waals surface area (Å²) in [6, 6.07) is 9.96. The second kappa shape index (κ2) is 5.57. The van der Waals surface area contributed by atoms with Crippen molar-refractivity contribution in [3.63, 3.8) is 0 Å². The van der Waals surface area contributed by atoms with Crippen LogP contribution in [0, 0.1) is 17.3 Å². The minimum Gasteiger partial charge on any atom is -0.376 e. The SMILES string of the molecule is C=C[C@]1(COCc2ccccc2)CC(=O)[C@@H]2C[C@H]1CC2=O. The number of rotatable bonds is 5. The molecule has 1 aromatic carbocycles. The fraction of sp³-hybridized carbons (Fsp3) is 0.444. The number of hydrogen-bond acceptors (Lipinski definition) is 3. The lowest BCUT2D eigenvalue weighted by Gasteiger charge is -2.38. The molecule has 2 aliphatic rings. The van der Waals surface area contributed by atoms with Crippen LogP contribution in [0.1, 0.15) is 24.8 Å². The Morgan fingerprint density at radius 3 is 2.71 bits per heavy atom. The van der Waals surface area contributed by atoms with Crippen LogP contribution in [0.3, 0.4) is 0 Å². The molecule has 1 aromatic rings. The number of ketones is 2. The molecule has 2 saturated carbocycles. The van der Waals surface area contributed by atoms with Crippen LogP contribution < -0.4 is 0 Å². The molecule has 0 unspecified atom stereocenters. The first-order valence-corrected chi connectivity index (χ1v) is 7.45. The zero-order valence-electron chi connectivity index (χ0n) is 12.1. The normalized spacial score (nSPS) is 31.4. The van der Waals surface area contributed by atoms with Crippen molar-refractivity contribution in [3.05, 3.63) is 48.6 Å². The van der Waals surface area contributed by atoms with E-state index in [2.05, 4.69) is 6.58 Å². The smallest absolute Gasteiger partial charge is 0.144 e. The van der Waals surface area contributed by atoms with Gasteiger partial charge in [-0.1, -0.05) is 36.4 Å². The van der Waals surface area contributed by atoms with E-state index in [1.807, 2.05) is 36.4 Å². The second-order valence-corrected chi connectivity index (χ2v) is 6.21. The Balaban J connectivity index is 1.68. The minimum atomic E-state index is -0.367. The van der Waals surface area contributed by atoms with Crippen LogP contribution in [0.5, 0.6) is 0 Å². The molecule has 0 heterocycles. The summed E-state index contributed by atoms with van der Waals surface area (Å²) in [6.07, 6.45) is 3.41. The van der Waals surface area contributed by atoms with Gasteiger partial charge in [0.25, 0.3) is 0 Å². The molecule has 21 heavy (non-hydrogen) atoms. The summed E-state index contributed by atoms with van der Waals surface area (Å²) in [7, 11) is 0. The third-order valence-corrected chi connectivity index (χ3v) is 4.95. The Hall–Kier alpha value is -1.74. The lowest BCUT2D eigenvalue weighted by Crippen LogP contribution is -2.39. The number of fused-ring (bicyclic) bond motifs is 2. The molecular weight excluding hydrogens is 264 g/mol. The van der Waals surface area contributed by atoms with Crippen molar-refractivity contribution in [1.82, 2.24) is 0 Å². The summed E-state index contributed by atoms with van der Waals surface area (Å²) in [5.74, 6) is 0.0342. The highest BCUT2D eigenvalue weighted by Gasteiger charge is 2.53. The first-order chi connectivity index (χ1) is 10.1. The molecule has 3 rings (SSSR count). The minimum absolute atomic E-state index is 0.0666. The molecule has 0 amide bonds. The molecule has 0 N–H and O–H groups in total. The molecule has 0 aromatic heterocycles. The van der Waals surface area contributed by atoms with Crippen molar-refractivity contribution >= 4 is 11.6 Å². The Morgan fingerprint density at radius 2 is 2.00 bits per heavy atom. The van der Waals surface area contributed by atoms with Gasteiger partial charge in [-0.3, -0.25) is 9.59 Å². The highest BCUT2D eigenvalue weighted by molar-refractivity contribution is 6.05. The summed E-state index contributed by atoms with van der Waals surface area (Å²) in [5, 5.41) is 0. The largest absolute Gasteiger partial charge is 0.376 e. The predicted octanol–water partition coefficient (Wildman–Crippen LogP) is 2.94. The molecule has 0 saturated heterocycles.